The largest absolute Gasteiger partial charge is 0.325 e. The number of nitrogens with zero attached hydrogens (tertiary/aromatic N) is 2. The van der Waals surface area contributed by atoms with Crippen LogP contribution < -0.4 is 9.62 Å². The van der Waals surface area contributed by atoms with Crippen molar-refractivity contribution in [3.05, 3.63) is 60.1 Å². The summed E-state index contributed by atoms with van der Waals surface area (Å²) in [6.45, 7) is 0. The highest BCUT2D eigenvalue weighted by Gasteiger charge is 2.37. The van der Waals surface area contributed by atoms with Gasteiger partial charge in [0.1, 0.15) is 11.1 Å². The second kappa shape index (κ2) is 3.91. The molecule has 0 saturated heterocycles. The molecule has 0 fully saturated rings. The highest BCUT2D eigenvalue weighted by molar-refractivity contribution is 7.89. The first-order valence-electron chi connectivity index (χ1n) is 6.19. The maximum Gasteiger partial charge on any atom is 0.246 e. The van der Waals surface area contributed by atoms with Crippen molar-refractivity contribution in [3.63, 3.8) is 0 Å². The molecular formula is C14H11N3O2S. The average Bonchev–Trinajstić information content (AvgIpc) is 2.47. The Hall–Kier alpha value is -2.18. The van der Waals surface area contributed by atoms with E-state index in [1.165, 1.54) is 6.20 Å². The van der Waals surface area contributed by atoms with Crippen LogP contribution >= 0.6 is 0 Å². The van der Waals surface area contributed by atoms with Crippen LogP contribution in [0.4, 0.5) is 5.69 Å². The molecule has 2 aromatic rings. The fourth-order valence-electron chi connectivity index (χ4n) is 2.65. The summed E-state index contributed by atoms with van der Waals surface area (Å²) in [6, 6.07) is 9.48. The Morgan fingerprint density at radius 3 is 2.95 bits per heavy atom. The third kappa shape index (κ3) is 1.52. The van der Waals surface area contributed by atoms with Gasteiger partial charge in [-0.05, 0) is 23.3 Å². The minimum atomic E-state index is -3.54. The standard InChI is InChI=1S/C14H11N3O2S/c18-20(19)13-9-15-7-5-12(13)17-8-6-10-3-1-2-4-11(10)14(17)16-20/h1-9,14,16H. The Kier molecular flexibility index (Phi) is 2.27. The average molecular weight is 285 g/mol. The van der Waals surface area contributed by atoms with Crippen LogP contribution in [0.2, 0.25) is 0 Å². The molecule has 1 unspecified atom stereocenters. The number of pyridine rings is 1. The molecule has 0 amide bonds. The third-order valence-corrected chi connectivity index (χ3v) is 5.01. The number of nitrogens with one attached hydrogen (secondary N) is 1. The van der Waals surface area contributed by atoms with E-state index in [4.69, 9.17) is 0 Å². The fraction of sp³-hybridized carbons (Fsp3) is 0.0714. The molecule has 4 rings (SSSR count). The molecule has 0 aliphatic carbocycles. The highest BCUT2D eigenvalue weighted by atomic mass is 32.2. The van der Waals surface area contributed by atoms with Gasteiger partial charge < -0.3 is 4.90 Å². The van der Waals surface area contributed by atoms with Gasteiger partial charge in [0.15, 0.2) is 0 Å². The molecular weight excluding hydrogens is 274 g/mol. The van der Waals surface area contributed by atoms with Crippen LogP contribution in [0.25, 0.3) is 6.08 Å². The van der Waals surface area contributed by atoms with E-state index in [1.54, 1.807) is 12.3 Å². The van der Waals surface area contributed by atoms with Gasteiger partial charge in [-0.1, -0.05) is 24.3 Å². The van der Waals surface area contributed by atoms with E-state index in [-0.39, 0.29) is 4.90 Å². The first-order chi connectivity index (χ1) is 9.67. The van der Waals surface area contributed by atoms with Crippen LogP contribution in [0.3, 0.4) is 0 Å². The van der Waals surface area contributed by atoms with Crippen molar-refractivity contribution < 1.29 is 8.42 Å². The lowest BCUT2D eigenvalue weighted by Gasteiger charge is -2.39. The predicted octanol–water partition coefficient (Wildman–Crippen LogP) is 1.86. The van der Waals surface area contributed by atoms with Crippen molar-refractivity contribution in [3.8, 4) is 0 Å². The van der Waals surface area contributed by atoms with E-state index in [0.717, 1.165) is 11.1 Å². The molecule has 20 heavy (non-hydrogen) atoms. The quantitative estimate of drug-likeness (QED) is 0.802. The van der Waals surface area contributed by atoms with Gasteiger partial charge >= 0.3 is 0 Å². The monoisotopic (exact) mass is 285 g/mol. The molecule has 2 aliphatic heterocycles. The number of aromatic nitrogens is 1. The van der Waals surface area contributed by atoms with E-state index < -0.39 is 16.2 Å². The van der Waals surface area contributed by atoms with Crippen LogP contribution in [0.1, 0.15) is 17.3 Å². The van der Waals surface area contributed by atoms with Crippen molar-refractivity contribution in [1.82, 2.24) is 9.71 Å². The van der Waals surface area contributed by atoms with Crippen LogP contribution in [0.15, 0.2) is 53.8 Å². The van der Waals surface area contributed by atoms with Crippen molar-refractivity contribution in [1.29, 1.82) is 0 Å². The Morgan fingerprint density at radius 1 is 1.20 bits per heavy atom. The summed E-state index contributed by atoms with van der Waals surface area (Å²) < 4.78 is 27.4. The number of sulfonamides is 1. The number of rotatable bonds is 0. The maximum atomic E-state index is 12.3. The summed E-state index contributed by atoms with van der Waals surface area (Å²) in [7, 11) is -3.54. The number of benzene rings is 1. The van der Waals surface area contributed by atoms with Crippen LogP contribution in [-0.2, 0) is 10.0 Å². The molecule has 1 N–H and O–H groups in total. The lowest BCUT2D eigenvalue weighted by Crippen LogP contribution is -2.45. The van der Waals surface area contributed by atoms with E-state index >= 15 is 0 Å². The first-order valence-corrected chi connectivity index (χ1v) is 7.67. The zero-order valence-electron chi connectivity index (χ0n) is 10.4. The normalized spacial score (nSPS) is 21.8. The zero-order chi connectivity index (χ0) is 13.7. The molecule has 100 valence electrons. The molecule has 6 heteroatoms. The van der Waals surface area contributed by atoms with Gasteiger partial charge in [-0.25, -0.2) is 8.42 Å². The second-order valence-corrected chi connectivity index (χ2v) is 6.40. The van der Waals surface area contributed by atoms with Gasteiger partial charge in [0.25, 0.3) is 0 Å². The summed E-state index contributed by atoms with van der Waals surface area (Å²) in [4.78, 5) is 6.03. The predicted molar refractivity (Wildman–Crippen MR) is 75.3 cm³/mol. The summed E-state index contributed by atoms with van der Waals surface area (Å²) in [5.41, 5.74) is 2.62. The van der Waals surface area contributed by atoms with Crippen LogP contribution in [0.5, 0.6) is 0 Å². The Bertz CT molecular complexity index is 830. The minimum Gasteiger partial charge on any atom is -0.325 e. The van der Waals surface area contributed by atoms with Crippen LogP contribution in [0, 0.1) is 0 Å². The number of hydrogen-bond acceptors (Lipinski definition) is 4. The molecule has 1 atom stereocenters. The van der Waals surface area contributed by atoms with E-state index in [1.807, 2.05) is 41.4 Å². The molecule has 5 nitrogen and oxygen atoms in total. The lowest BCUT2D eigenvalue weighted by atomic mass is 10.0. The Labute approximate surface area is 116 Å². The van der Waals surface area contributed by atoms with Gasteiger partial charge in [-0.2, -0.15) is 4.72 Å². The van der Waals surface area contributed by atoms with Crippen molar-refractivity contribution >= 4 is 21.8 Å². The van der Waals surface area contributed by atoms with E-state index in [9.17, 15) is 8.42 Å². The molecule has 0 radical (unpaired) electrons. The summed E-state index contributed by atoms with van der Waals surface area (Å²) in [5.74, 6) is 0. The topological polar surface area (TPSA) is 62.3 Å². The van der Waals surface area contributed by atoms with Crippen molar-refractivity contribution in [2.75, 3.05) is 4.90 Å². The summed E-state index contributed by atoms with van der Waals surface area (Å²) in [5, 5.41) is 0. The molecule has 3 heterocycles. The van der Waals surface area contributed by atoms with E-state index in [0.29, 0.717) is 5.69 Å². The van der Waals surface area contributed by atoms with Gasteiger partial charge in [-0.3, -0.25) is 4.98 Å². The lowest BCUT2D eigenvalue weighted by molar-refractivity contribution is 0.542. The summed E-state index contributed by atoms with van der Waals surface area (Å²) in [6.07, 6.45) is 6.45. The Balaban J connectivity index is 1.98. The molecule has 0 saturated carbocycles. The van der Waals surface area contributed by atoms with Crippen molar-refractivity contribution in [2.24, 2.45) is 0 Å². The van der Waals surface area contributed by atoms with Crippen molar-refractivity contribution in [2.45, 2.75) is 11.1 Å². The van der Waals surface area contributed by atoms with E-state index in [2.05, 4.69) is 9.71 Å². The molecule has 0 spiro atoms. The van der Waals surface area contributed by atoms with Gasteiger partial charge in [-0.15, -0.1) is 0 Å². The zero-order valence-corrected chi connectivity index (χ0v) is 11.2. The maximum absolute atomic E-state index is 12.3. The molecule has 1 aromatic heterocycles. The molecule has 0 bridgehead atoms. The first kappa shape index (κ1) is 11.6. The van der Waals surface area contributed by atoms with Gasteiger partial charge in [0.2, 0.25) is 10.0 Å². The molecule has 1 aromatic carbocycles. The second-order valence-electron chi connectivity index (χ2n) is 4.72. The number of fused-ring (bicyclic) bond motifs is 5. The number of hydrogen-bond donors (Lipinski definition) is 1. The minimum absolute atomic E-state index is 0.209. The van der Waals surface area contributed by atoms with Crippen LogP contribution in [-0.4, -0.2) is 13.4 Å². The molecule has 2 aliphatic rings. The fourth-order valence-corrected chi connectivity index (χ4v) is 3.96. The third-order valence-electron chi connectivity index (χ3n) is 3.58. The number of anilines is 1. The smallest absolute Gasteiger partial charge is 0.246 e. The Morgan fingerprint density at radius 2 is 2.05 bits per heavy atom. The van der Waals surface area contributed by atoms with Gasteiger partial charge in [0.05, 0.1) is 5.69 Å². The van der Waals surface area contributed by atoms with Gasteiger partial charge in [0, 0.05) is 18.6 Å². The highest BCUT2D eigenvalue weighted by Crippen LogP contribution is 2.39. The SMILES string of the molecule is O=S1(=O)NC2c3ccccc3C=CN2c2ccncc21. The summed E-state index contributed by atoms with van der Waals surface area (Å²) >= 11 is 0.